The molecule has 0 aromatic heterocycles. The normalized spacial score (nSPS) is 12.8. The number of phenolic OH excluding ortho intramolecular Hbond substituents is 1. The van der Waals surface area contributed by atoms with E-state index in [1.807, 2.05) is 6.07 Å². The van der Waals surface area contributed by atoms with Crippen molar-refractivity contribution in [1.29, 1.82) is 0 Å². The Hall–Kier alpha value is -0.670. The number of benzene rings is 1. The van der Waals surface area contributed by atoms with Gasteiger partial charge < -0.3 is 10.2 Å². The number of aromatic hydroxyl groups is 1. The van der Waals surface area contributed by atoms with Crippen LogP contribution in [0.4, 0.5) is 0 Å². The SMILES string of the molecule is C[C@@H](O)CSc1cccc(O)c1. The van der Waals surface area contributed by atoms with E-state index in [0.717, 1.165) is 4.90 Å². The monoisotopic (exact) mass is 184 g/mol. The maximum absolute atomic E-state index is 9.10. The van der Waals surface area contributed by atoms with Crippen LogP contribution in [0.25, 0.3) is 0 Å². The molecule has 0 aliphatic rings. The van der Waals surface area contributed by atoms with Crippen molar-refractivity contribution in [3.8, 4) is 5.75 Å². The second kappa shape index (κ2) is 4.38. The van der Waals surface area contributed by atoms with Gasteiger partial charge in [-0.2, -0.15) is 0 Å². The molecule has 1 rings (SSSR count). The highest BCUT2D eigenvalue weighted by molar-refractivity contribution is 7.99. The molecule has 12 heavy (non-hydrogen) atoms. The second-order valence-electron chi connectivity index (χ2n) is 2.66. The molecule has 0 bridgehead atoms. The van der Waals surface area contributed by atoms with Gasteiger partial charge in [-0.1, -0.05) is 6.07 Å². The van der Waals surface area contributed by atoms with Crippen molar-refractivity contribution in [2.24, 2.45) is 0 Å². The molecule has 0 heterocycles. The van der Waals surface area contributed by atoms with Gasteiger partial charge in [0.15, 0.2) is 0 Å². The molecular weight excluding hydrogens is 172 g/mol. The van der Waals surface area contributed by atoms with Gasteiger partial charge in [0.2, 0.25) is 0 Å². The molecule has 0 saturated carbocycles. The van der Waals surface area contributed by atoms with E-state index in [-0.39, 0.29) is 11.9 Å². The molecule has 0 radical (unpaired) electrons. The average molecular weight is 184 g/mol. The smallest absolute Gasteiger partial charge is 0.116 e. The van der Waals surface area contributed by atoms with Gasteiger partial charge >= 0.3 is 0 Å². The quantitative estimate of drug-likeness (QED) is 0.704. The van der Waals surface area contributed by atoms with E-state index in [9.17, 15) is 0 Å². The van der Waals surface area contributed by atoms with Crippen molar-refractivity contribution < 1.29 is 10.2 Å². The van der Waals surface area contributed by atoms with Crippen molar-refractivity contribution in [1.82, 2.24) is 0 Å². The lowest BCUT2D eigenvalue weighted by Crippen LogP contribution is -2.01. The maximum Gasteiger partial charge on any atom is 0.116 e. The lowest BCUT2D eigenvalue weighted by Gasteiger charge is -2.03. The van der Waals surface area contributed by atoms with E-state index in [0.29, 0.717) is 5.75 Å². The van der Waals surface area contributed by atoms with Crippen molar-refractivity contribution in [2.75, 3.05) is 5.75 Å². The summed E-state index contributed by atoms with van der Waals surface area (Å²) in [6.07, 6.45) is -0.308. The highest BCUT2D eigenvalue weighted by atomic mass is 32.2. The molecule has 66 valence electrons. The van der Waals surface area contributed by atoms with E-state index < -0.39 is 0 Å². The van der Waals surface area contributed by atoms with Crippen LogP contribution in [0.3, 0.4) is 0 Å². The Morgan fingerprint density at radius 3 is 2.83 bits per heavy atom. The molecule has 3 heteroatoms. The van der Waals surface area contributed by atoms with Gasteiger partial charge in [0, 0.05) is 10.6 Å². The zero-order valence-corrected chi connectivity index (χ0v) is 7.71. The topological polar surface area (TPSA) is 40.5 Å². The first-order chi connectivity index (χ1) is 5.68. The Morgan fingerprint density at radius 1 is 1.50 bits per heavy atom. The molecule has 0 saturated heterocycles. The summed E-state index contributed by atoms with van der Waals surface area (Å²) in [6.45, 7) is 1.75. The van der Waals surface area contributed by atoms with Crippen molar-refractivity contribution >= 4 is 11.8 Å². The van der Waals surface area contributed by atoms with Gasteiger partial charge in [0.05, 0.1) is 6.10 Å². The highest BCUT2D eigenvalue weighted by Crippen LogP contribution is 2.22. The molecule has 0 fully saturated rings. The van der Waals surface area contributed by atoms with Crippen LogP contribution < -0.4 is 0 Å². The molecule has 0 aliphatic heterocycles. The molecule has 2 N–H and O–H groups in total. The minimum absolute atomic E-state index is 0.269. The van der Waals surface area contributed by atoms with Crippen molar-refractivity contribution in [3.05, 3.63) is 24.3 Å². The fourth-order valence-electron chi connectivity index (χ4n) is 0.790. The van der Waals surface area contributed by atoms with Crippen LogP contribution >= 0.6 is 11.8 Å². The molecular formula is C9H12O2S. The Bertz CT molecular complexity index is 248. The van der Waals surface area contributed by atoms with E-state index in [1.165, 1.54) is 11.8 Å². The summed E-state index contributed by atoms with van der Waals surface area (Å²) in [4.78, 5) is 0.982. The summed E-state index contributed by atoms with van der Waals surface area (Å²) < 4.78 is 0. The Morgan fingerprint density at radius 2 is 2.25 bits per heavy atom. The van der Waals surface area contributed by atoms with Gasteiger partial charge in [-0.25, -0.2) is 0 Å². The first-order valence-electron chi connectivity index (χ1n) is 3.78. The number of phenols is 1. The molecule has 0 amide bonds. The first kappa shape index (κ1) is 9.42. The predicted molar refractivity (Wildman–Crippen MR) is 50.5 cm³/mol. The van der Waals surface area contributed by atoms with Gasteiger partial charge in [0.1, 0.15) is 5.75 Å². The summed E-state index contributed by atoms with van der Waals surface area (Å²) in [7, 11) is 0. The number of rotatable bonds is 3. The summed E-state index contributed by atoms with van der Waals surface area (Å²) in [5.41, 5.74) is 0. The second-order valence-corrected chi connectivity index (χ2v) is 3.75. The minimum Gasteiger partial charge on any atom is -0.508 e. The van der Waals surface area contributed by atoms with Crippen molar-refractivity contribution in [2.45, 2.75) is 17.9 Å². The van der Waals surface area contributed by atoms with Crippen LogP contribution in [0.1, 0.15) is 6.92 Å². The largest absolute Gasteiger partial charge is 0.508 e. The van der Waals surface area contributed by atoms with E-state index in [1.54, 1.807) is 25.1 Å². The molecule has 1 atom stereocenters. The molecule has 1 aromatic carbocycles. The summed E-state index contributed by atoms with van der Waals surface area (Å²) in [5, 5.41) is 18.1. The van der Waals surface area contributed by atoms with Crippen LogP contribution in [0.2, 0.25) is 0 Å². The predicted octanol–water partition coefficient (Wildman–Crippen LogP) is 1.87. The lowest BCUT2D eigenvalue weighted by atomic mass is 10.3. The third-order valence-corrected chi connectivity index (χ3v) is 2.55. The zero-order valence-electron chi connectivity index (χ0n) is 6.90. The number of aliphatic hydroxyl groups excluding tert-OH is 1. The number of hydrogen-bond donors (Lipinski definition) is 2. The Kier molecular flexibility index (Phi) is 3.44. The van der Waals surface area contributed by atoms with Crippen LogP contribution in [-0.2, 0) is 0 Å². The minimum atomic E-state index is -0.308. The standard InChI is InChI=1S/C9H12O2S/c1-7(10)6-12-9-4-2-3-8(11)5-9/h2-5,7,10-11H,6H2,1H3/t7-/m1/s1. The molecule has 0 unspecified atom stereocenters. The third kappa shape index (κ3) is 3.15. The Balaban J connectivity index is 2.52. The summed E-state index contributed by atoms with van der Waals surface area (Å²) >= 11 is 1.53. The van der Waals surface area contributed by atoms with Crippen LogP contribution in [0.5, 0.6) is 5.75 Å². The molecule has 0 spiro atoms. The molecule has 1 aromatic rings. The summed E-state index contributed by atoms with van der Waals surface area (Å²) in [6, 6.07) is 7.02. The lowest BCUT2D eigenvalue weighted by molar-refractivity contribution is 0.220. The van der Waals surface area contributed by atoms with Gasteiger partial charge in [-0.3, -0.25) is 0 Å². The fraction of sp³-hybridized carbons (Fsp3) is 0.333. The average Bonchev–Trinajstić information content (AvgIpc) is 2.01. The maximum atomic E-state index is 9.10. The van der Waals surface area contributed by atoms with Gasteiger partial charge in [-0.15, -0.1) is 11.8 Å². The number of hydrogen-bond acceptors (Lipinski definition) is 3. The zero-order chi connectivity index (χ0) is 8.97. The van der Waals surface area contributed by atoms with E-state index in [2.05, 4.69) is 0 Å². The molecule has 0 aliphatic carbocycles. The van der Waals surface area contributed by atoms with Crippen LogP contribution in [0.15, 0.2) is 29.2 Å². The Labute approximate surface area is 76.2 Å². The van der Waals surface area contributed by atoms with E-state index in [4.69, 9.17) is 10.2 Å². The first-order valence-corrected chi connectivity index (χ1v) is 4.77. The third-order valence-electron chi connectivity index (χ3n) is 1.31. The van der Waals surface area contributed by atoms with E-state index >= 15 is 0 Å². The van der Waals surface area contributed by atoms with Crippen LogP contribution in [-0.4, -0.2) is 22.1 Å². The van der Waals surface area contributed by atoms with Crippen LogP contribution in [0, 0.1) is 0 Å². The highest BCUT2D eigenvalue weighted by Gasteiger charge is 1.98. The number of thioether (sulfide) groups is 1. The fourth-order valence-corrected chi connectivity index (χ4v) is 1.60. The van der Waals surface area contributed by atoms with Crippen molar-refractivity contribution in [3.63, 3.8) is 0 Å². The molecule has 2 nitrogen and oxygen atoms in total. The van der Waals surface area contributed by atoms with Gasteiger partial charge in [-0.05, 0) is 25.1 Å². The number of aliphatic hydroxyl groups is 1. The summed E-state index contributed by atoms with van der Waals surface area (Å²) in [5.74, 6) is 0.925. The van der Waals surface area contributed by atoms with Gasteiger partial charge in [0.25, 0.3) is 0 Å².